The van der Waals surface area contributed by atoms with Crippen molar-refractivity contribution in [2.24, 2.45) is 0 Å². The highest BCUT2D eigenvalue weighted by Crippen LogP contribution is 2.24. The maximum absolute atomic E-state index is 12.9. The number of benzene rings is 2. The summed E-state index contributed by atoms with van der Waals surface area (Å²) < 4.78 is 23.7. The molecule has 1 atom stereocenters. The van der Waals surface area contributed by atoms with E-state index in [-0.39, 0.29) is 18.9 Å². The minimum Gasteiger partial charge on any atom is -0.483 e. The molecule has 0 saturated carbocycles. The Balaban J connectivity index is 1.89. The molecule has 0 radical (unpaired) electrons. The van der Waals surface area contributed by atoms with Crippen molar-refractivity contribution in [3.8, 4) is 11.5 Å². The van der Waals surface area contributed by atoms with E-state index >= 15 is 0 Å². The monoisotopic (exact) mass is 375 g/mol. The number of aryl methyl sites for hydroxylation is 3. The summed E-state index contributed by atoms with van der Waals surface area (Å²) in [7, 11) is 0. The molecule has 0 bridgehead atoms. The predicted molar refractivity (Wildman–Crippen MR) is 97.6 cm³/mol. The minimum absolute atomic E-state index is 0.195. The van der Waals surface area contributed by atoms with Gasteiger partial charge in [0.05, 0.1) is 6.54 Å². The zero-order valence-corrected chi connectivity index (χ0v) is 15.4. The second-order valence-corrected chi connectivity index (χ2v) is 6.22. The highest BCUT2D eigenvalue weighted by Gasteiger charge is 2.20. The Morgan fingerprint density at radius 2 is 1.70 bits per heavy atom. The fourth-order valence-corrected chi connectivity index (χ4v) is 2.65. The van der Waals surface area contributed by atoms with Crippen LogP contribution in [0.2, 0.25) is 0 Å². The van der Waals surface area contributed by atoms with Gasteiger partial charge in [-0.25, -0.2) is 9.18 Å². The number of carbonyl (C=O) groups excluding carboxylic acids is 1. The van der Waals surface area contributed by atoms with E-state index in [1.807, 2.05) is 32.9 Å². The van der Waals surface area contributed by atoms with Crippen molar-refractivity contribution in [2.75, 3.05) is 13.2 Å². The van der Waals surface area contributed by atoms with Crippen LogP contribution in [0.3, 0.4) is 0 Å². The van der Waals surface area contributed by atoms with Crippen molar-refractivity contribution in [2.45, 2.75) is 26.9 Å². The summed E-state index contributed by atoms with van der Waals surface area (Å²) >= 11 is 0. The molecule has 1 unspecified atom stereocenters. The molecule has 0 fully saturated rings. The lowest BCUT2D eigenvalue weighted by atomic mass is 10.1. The van der Waals surface area contributed by atoms with Crippen LogP contribution in [-0.2, 0) is 9.59 Å². The standard InChI is InChI=1S/C20H22FNO5/c1-12-8-13(2)19(14(3)9-12)26-11-18(23)22-10-17(20(24)25)27-16-6-4-15(21)5-7-16/h4-9,17H,10-11H2,1-3H3,(H,22,23)(H,24,25). The molecule has 2 aromatic rings. The largest absolute Gasteiger partial charge is 0.483 e. The van der Waals surface area contributed by atoms with Gasteiger partial charge in [0.15, 0.2) is 6.61 Å². The summed E-state index contributed by atoms with van der Waals surface area (Å²) in [4.78, 5) is 23.3. The average molecular weight is 375 g/mol. The Morgan fingerprint density at radius 3 is 2.26 bits per heavy atom. The Labute approximate surface area is 156 Å². The van der Waals surface area contributed by atoms with Crippen LogP contribution in [0.25, 0.3) is 0 Å². The Kier molecular flexibility index (Phi) is 6.76. The number of hydrogen-bond donors (Lipinski definition) is 2. The van der Waals surface area contributed by atoms with Gasteiger partial charge in [0.1, 0.15) is 17.3 Å². The van der Waals surface area contributed by atoms with Crippen molar-refractivity contribution >= 4 is 11.9 Å². The predicted octanol–water partition coefficient (Wildman–Crippen LogP) is 2.78. The van der Waals surface area contributed by atoms with Crippen LogP contribution in [0.1, 0.15) is 16.7 Å². The van der Waals surface area contributed by atoms with Crippen LogP contribution in [0.5, 0.6) is 11.5 Å². The third kappa shape index (κ3) is 5.99. The number of rotatable bonds is 8. The number of hydrogen-bond acceptors (Lipinski definition) is 4. The molecule has 1 amide bonds. The highest BCUT2D eigenvalue weighted by atomic mass is 19.1. The van der Waals surface area contributed by atoms with E-state index in [9.17, 15) is 19.1 Å². The van der Waals surface area contributed by atoms with E-state index in [4.69, 9.17) is 9.47 Å². The first kappa shape index (κ1) is 20.2. The summed E-state index contributed by atoms with van der Waals surface area (Å²) in [5, 5.41) is 11.7. The number of halogens is 1. The van der Waals surface area contributed by atoms with Gasteiger partial charge in [-0.15, -0.1) is 0 Å². The molecule has 0 aliphatic heterocycles. The summed E-state index contributed by atoms with van der Waals surface area (Å²) in [6, 6.07) is 8.87. The first-order chi connectivity index (χ1) is 12.8. The van der Waals surface area contributed by atoms with Crippen molar-refractivity contribution in [1.29, 1.82) is 0 Å². The third-order valence-electron chi connectivity index (χ3n) is 3.80. The Morgan fingerprint density at radius 1 is 1.11 bits per heavy atom. The lowest BCUT2D eigenvalue weighted by Gasteiger charge is -2.17. The number of nitrogens with one attached hydrogen (secondary N) is 1. The molecule has 7 heteroatoms. The Bertz CT molecular complexity index is 797. The summed E-state index contributed by atoms with van der Waals surface area (Å²) in [5.74, 6) is -1.34. The smallest absolute Gasteiger partial charge is 0.346 e. The van der Waals surface area contributed by atoms with E-state index < -0.39 is 23.8 Å². The number of carboxylic acids is 1. The van der Waals surface area contributed by atoms with Crippen molar-refractivity contribution in [1.82, 2.24) is 5.32 Å². The first-order valence-corrected chi connectivity index (χ1v) is 8.38. The molecule has 2 aromatic carbocycles. The molecule has 2 N–H and O–H groups in total. The quantitative estimate of drug-likeness (QED) is 0.741. The van der Waals surface area contributed by atoms with Gasteiger partial charge in [-0.1, -0.05) is 17.7 Å². The molecule has 2 rings (SSSR count). The van der Waals surface area contributed by atoms with Gasteiger partial charge in [-0.3, -0.25) is 4.79 Å². The maximum atomic E-state index is 12.9. The normalized spacial score (nSPS) is 11.6. The highest BCUT2D eigenvalue weighted by molar-refractivity contribution is 5.79. The van der Waals surface area contributed by atoms with Gasteiger partial charge < -0.3 is 19.9 Å². The molecule has 27 heavy (non-hydrogen) atoms. The molecule has 0 saturated heterocycles. The topological polar surface area (TPSA) is 84.9 Å². The number of carbonyl (C=O) groups is 2. The van der Waals surface area contributed by atoms with Gasteiger partial charge >= 0.3 is 5.97 Å². The van der Waals surface area contributed by atoms with E-state index in [1.165, 1.54) is 12.1 Å². The van der Waals surface area contributed by atoms with Crippen LogP contribution in [0.4, 0.5) is 4.39 Å². The van der Waals surface area contributed by atoms with Crippen molar-refractivity contribution < 1.29 is 28.6 Å². The van der Waals surface area contributed by atoms with Crippen LogP contribution >= 0.6 is 0 Å². The molecular formula is C20H22FNO5. The molecule has 6 nitrogen and oxygen atoms in total. The van der Waals surface area contributed by atoms with E-state index in [2.05, 4.69) is 5.32 Å². The molecular weight excluding hydrogens is 353 g/mol. The Hall–Kier alpha value is -3.09. The molecule has 0 aromatic heterocycles. The average Bonchev–Trinajstić information content (AvgIpc) is 2.59. The number of carboxylic acid groups (broad SMARTS) is 1. The van der Waals surface area contributed by atoms with Gasteiger partial charge in [0.25, 0.3) is 5.91 Å². The second-order valence-electron chi connectivity index (χ2n) is 6.22. The van der Waals surface area contributed by atoms with Crippen molar-refractivity contribution in [3.63, 3.8) is 0 Å². The lowest BCUT2D eigenvalue weighted by molar-refractivity contribution is -0.145. The number of amides is 1. The van der Waals surface area contributed by atoms with E-state index in [1.54, 1.807) is 0 Å². The molecule has 0 spiro atoms. The van der Waals surface area contributed by atoms with Crippen molar-refractivity contribution in [3.05, 3.63) is 58.9 Å². The SMILES string of the molecule is Cc1cc(C)c(OCC(=O)NCC(Oc2ccc(F)cc2)C(=O)O)c(C)c1. The van der Waals surface area contributed by atoms with E-state index in [0.29, 0.717) is 5.75 Å². The van der Waals surface area contributed by atoms with Crippen LogP contribution in [0.15, 0.2) is 36.4 Å². The molecule has 0 aliphatic rings. The first-order valence-electron chi connectivity index (χ1n) is 8.38. The summed E-state index contributed by atoms with van der Waals surface area (Å²) in [5.41, 5.74) is 2.94. The van der Waals surface area contributed by atoms with Gasteiger partial charge in [-0.05, 0) is 56.2 Å². The molecule has 0 heterocycles. The number of aliphatic carboxylic acids is 1. The van der Waals surface area contributed by atoms with Crippen LogP contribution in [-0.4, -0.2) is 36.2 Å². The fraction of sp³-hybridized carbons (Fsp3) is 0.300. The lowest BCUT2D eigenvalue weighted by Crippen LogP contribution is -2.42. The minimum atomic E-state index is -1.30. The zero-order valence-electron chi connectivity index (χ0n) is 15.4. The van der Waals surface area contributed by atoms with Gasteiger partial charge in [0, 0.05) is 0 Å². The zero-order chi connectivity index (χ0) is 20.0. The number of ether oxygens (including phenoxy) is 2. The maximum Gasteiger partial charge on any atom is 0.346 e. The van der Waals surface area contributed by atoms with Crippen LogP contribution < -0.4 is 14.8 Å². The van der Waals surface area contributed by atoms with Crippen LogP contribution in [0, 0.1) is 26.6 Å². The van der Waals surface area contributed by atoms with Gasteiger partial charge in [-0.2, -0.15) is 0 Å². The summed E-state index contributed by atoms with van der Waals surface area (Å²) in [6.07, 6.45) is -1.30. The molecule has 144 valence electrons. The van der Waals surface area contributed by atoms with E-state index in [0.717, 1.165) is 28.8 Å². The molecule has 0 aliphatic carbocycles. The summed E-state index contributed by atoms with van der Waals surface area (Å²) in [6.45, 7) is 5.27. The van der Waals surface area contributed by atoms with Gasteiger partial charge in [0.2, 0.25) is 6.10 Å². The second kappa shape index (κ2) is 9.02. The third-order valence-corrected chi connectivity index (χ3v) is 3.80. The fourth-order valence-electron chi connectivity index (χ4n) is 2.65.